The molecule has 3 nitrogen and oxygen atoms in total. The molecule has 1 aromatic heterocycles. The zero-order chi connectivity index (χ0) is 12.7. The third-order valence-electron chi connectivity index (χ3n) is 3.81. The van der Waals surface area contributed by atoms with E-state index in [0.29, 0.717) is 0 Å². The number of anilines is 2. The van der Waals surface area contributed by atoms with Gasteiger partial charge in [-0.05, 0) is 37.8 Å². The molecule has 1 aromatic carbocycles. The van der Waals surface area contributed by atoms with Crippen LogP contribution in [0.5, 0.6) is 0 Å². The van der Waals surface area contributed by atoms with Gasteiger partial charge in [-0.15, -0.1) is 11.3 Å². The Morgan fingerprint density at radius 3 is 2.89 bits per heavy atom. The number of fused-ring (bicyclic) bond motifs is 1. The van der Waals surface area contributed by atoms with Gasteiger partial charge >= 0.3 is 0 Å². The van der Waals surface area contributed by atoms with Crippen LogP contribution in [-0.4, -0.2) is 18.6 Å². The smallest absolute Gasteiger partial charge is 0.0907 e. The minimum atomic E-state index is 0.849. The number of nitrogen functional groups attached to an aromatic ring is 1. The fourth-order valence-electron chi connectivity index (χ4n) is 2.59. The molecular weight excluding hydrogens is 242 g/mol. The highest BCUT2D eigenvalue weighted by Gasteiger charge is 2.20. The van der Waals surface area contributed by atoms with E-state index in [0.717, 1.165) is 34.4 Å². The SMILES string of the molecule is Cc1nc2cc(N(C)CC3CCC3)c(N)cc2s1. The maximum Gasteiger partial charge on any atom is 0.0907 e. The van der Waals surface area contributed by atoms with Crippen LogP contribution < -0.4 is 10.6 Å². The van der Waals surface area contributed by atoms with Crippen LogP contribution in [0.1, 0.15) is 24.3 Å². The Balaban J connectivity index is 1.91. The summed E-state index contributed by atoms with van der Waals surface area (Å²) in [5.74, 6) is 0.849. The number of nitrogens with zero attached hydrogens (tertiary/aromatic N) is 2. The number of thiazole rings is 1. The van der Waals surface area contributed by atoms with E-state index < -0.39 is 0 Å². The van der Waals surface area contributed by atoms with Gasteiger partial charge < -0.3 is 10.6 Å². The molecule has 2 aromatic rings. The molecule has 0 saturated heterocycles. The lowest BCUT2D eigenvalue weighted by molar-refractivity contribution is 0.321. The second-order valence-electron chi connectivity index (χ2n) is 5.29. The van der Waals surface area contributed by atoms with Crippen molar-refractivity contribution in [3.05, 3.63) is 17.1 Å². The normalized spacial score (nSPS) is 15.9. The molecule has 1 heterocycles. The monoisotopic (exact) mass is 261 g/mol. The molecule has 0 bridgehead atoms. The van der Waals surface area contributed by atoms with Gasteiger partial charge in [0, 0.05) is 13.6 Å². The van der Waals surface area contributed by atoms with Crippen LogP contribution in [0, 0.1) is 12.8 Å². The average molecular weight is 261 g/mol. The van der Waals surface area contributed by atoms with E-state index in [-0.39, 0.29) is 0 Å². The summed E-state index contributed by atoms with van der Waals surface area (Å²) < 4.78 is 1.19. The highest BCUT2D eigenvalue weighted by Crippen LogP contribution is 2.34. The zero-order valence-corrected chi connectivity index (χ0v) is 11.8. The van der Waals surface area contributed by atoms with Crippen molar-refractivity contribution >= 4 is 32.9 Å². The van der Waals surface area contributed by atoms with Crippen molar-refractivity contribution in [1.29, 1.82) is 0 Å². The molecule has 0 aliphatic heterocycles. The van der Waals surface area contributed by atoms with Crippen molar-refractivity contribution in [1.82, 2.24) is 4.98 Å². The molecule has 1 aliphatic rings. The van der Waals surface area contributed by atoms with Gasteiger partial charge in [0.2, 0.25) is 0 Å². The van der Waals surface area contributed by atoms with Gasteiger partial charge in [-0.2, -0.15) is 0 Å². The van der Waals surface area contributed by atoms with E-state index in [1.54, 1.807) is 11.3 Å². The number of hydrogen-bond acceptors (Lipinski definition) is 4. The van der Waals surface area contributed by atoms with Gasteiger partial charge in [0.1, 0.15) is 0 Å². The number of rotatable bonds is 3. The first-order valence-electron chi connectivity index (χ1n) is 6.51. The average Bonchev–Trinajstić information content (AvgIpc) is 2.61. The molecule has 96 valence electrons. The van der Waals surface area contributed by atoms with E-state index in [1.165, 1.54) is 24.0 Å². The fraction of sp³-hybridized carbons (Fsp3) is 0.500. The Morgan fingerprint density at radius 1 is 1.44 bits per heavy atom. The summed E-state index contributed by atoms with van der Waals surface area (Å²) in [4.78, 5) is 6.83. The lowest BCUT2D eigenvalue weighted by atomic mass is 9.85. The van der Waals surface area contributed by atoms with Gasteiger partial charge in [0.25, 0.3) is 0 Å². The van der Waals surface area contributed by atoms with Crippen molar-refractivity contribution in [2.24, 2.45) is 5.92 Å². The molecule has 0 amide bonds. The van der Waals surface area contributed by atoms with Crippen molar-refractivity contribution < 1.29 is 0 Å². The van der Waals surface area contributed by atoms with Crippen LogP contribution in [0.3, 0.4) is 0 Å². The molecule has 18 heavy (non-hydrogen) atoms. The predicted octanol–water partition coefficient (Wildman–Crippen LogP) is 3.42. The second kappa shape index (κ2) is 4.43. The van der Waals surface area contributed by atoms with E-state index in [1.807, 2.05) is 6.92 Å². The van der Waals surface area contributed by atoms with Crippen LogP contribution in [0.15, 0.2) is 12.1 Å². The summed E-state index contributed by atoms with van der Waals surface area (Å²) in [6.45, 7) is 3.15. The predicted molar refractivity (Wildman–Crippen MR) is 79.4 cm³/mol. The molecule has 0 spiro atoms. The van der Waals surface area contributed by atoms with E-state index in [4.69, 9.17) is 5.73 Å². The molecule has 0 atom stereocenters. The maximum absolute atomic E-state index is 6.17. The molecule has 0 radical (unpaired) electrons. The first-order chi connectivity index (χ1) is 8.63. The van der Waals surface area contributed by atoms with E-state index in [2.05, 4.69) is 29.1 Å². The first-order valence-corrected chi connectivity index (χ1v) is 7.33. The van der Waals surface area contributed by atoms with Crippen molar-refractivity contribution in [2.45, 2.75) is 26.2 Å². The largest absolute Gasteiger partial charge is 0.397 e. The zero-order valence-electron chi connectivity index (χ0n) is 10.9. The minimum absolute atomic E-state index is 0.849. The quantitative estimate of drug-likeness (QED) is 0.861. The standard InChI is InChI=1S/C14H19N3S/c1-9-16-12-7-13(11(15)6-14(12)18-9)17(2)8-10-4-3-5-10/h6-7,10H,3-5,8,15H2,1-2H3. The lowest BCUT2D eigenvalue weighted by Gasteiger charge is -2.31. The fourth-order valence-corrected chi connectivity index (χ4v) is 3.44. The highest BCUT2D eigenvalue weighted by atomic mass is 32.1. The summed E-state index contributed by atoms with van der Waals surface area (Å²) >= 11 is 1.71. The van der Waals surface area contributed by atoms with Crippen LogP contribution in [-0.2, 0) is 0 Å². The van der Waals surface area contributed by atoms with Crippen molar-refractivity contribution in [3.63, 3.8) is 0 Å². The second-order valence-corrected chi connectivity index (χ2v) is 6.52. The Hall–Kier alpha value is -1.29. The van der Waals surface area contributed by atoms with Gasteiger partial charge in [-0.1, -0.05) is 6.42 Å². The van der Waals surface area contributed by atoms with Gasteiger partial charge in [-0.25, -0.2) is 4.98 Å². The minimum Gasteiger partial charge on any atom is -0.397 e. The Morgan fingerprint density at radius 2 is 2.22 bits per heavy atom. The van der Waals surface area contributed by atoms with Gasteiger partial charge in [0.15, 0.2) is 0 Å². The summed E-state index contributed by atoms with van der Waals surface area (Å²) in [6, 6.07) is 4.19. The number of benzene rings is 1. The van der Waals surface area contributed by atoms with Crippen LogP contribution >= 0.6 is 11.3 Å². The number of nitrogens with two attached hydrogens (primary N) is 1. The van der Waals surface area contributed by atoms with Crippen molar-refractivity contribution in [2.75, 3.05) is 24.2 Å². The summed E-state index contributed by atoms with van der Waals surface area (Å²) in [7, 11) is 2.13. The third-order valence-corrected chi connectivity index (χ3v) is 4.75. The van der Waals surface area contributed by atoms with Crippen LogP contribution in [0.2, 0.25) is 0 Å². The number of aromatic nitrogens is 1. The molecule has 4 heteroatoms. The molecule has 2 N–H and O–H groups in total. The van der Waals surface area contributed by atoms with Crippen LogP contribution in [0.25, 0.3) is 10.2 Å². The molecular formula is C14H19N3S. The number of aryl methyl sites for hydroxylation is 1. The van der Waals surface area contributed by atoms with E-state index >= 15 is 0 Å². The van der Waals surface area contributed by atoms with Gasteiger partial charge in [-0.3, -0.25) is 0 Å². The topological polar surface area (TPSA) is 42.2 Å². The van der Waals surface area contributed by atoms with E-state index in [9.17, 15) is 0 Å². The number of hydrogen-bond donors (Lipinski definition) is 1. The highest BCUT2D eigenvalue weighted by molar-refractivity contribution is 7.18. The summed E-state index contributed by atoms with van der Waals surface area (Å²) in [6.07, 6.45) is 4.11. The van der Waals surface area contributed by atoms with Crippen molar-refractivity contribution in [3.8, 4) is 0 Å². The Kier molecular flexibility index (Phi) is 2.90. The maximum atomic E-state index is 6.17. The lowest BCUT2D eigenvalue weighted by Crippen LogP contribution is -2.29. The molecule has 1 fully saturated rings. The van der Waals surface area contributed by atoms with Crippen LogP contribution in [0.4, 0.5) is 11.4 Å². The molecule has 1 aliphatic carbocycles. The molecule has 3 rings (SSSR count). The Labute approximate surface area is 112 Å². The molecule has 1 saturated carbocycles. The first kappa shape index (κ1) is 11.8. The third kappa shape index (κ3) is 2.05. The summed E-state index contributed by atoms with van der Waals surface area (Å²) in [5, 5.41) is 1.10. The summed E-state index contributed by atoms with van der Waals surface area (Å²) in [5.41, 5.74) is 9.23. The van der Waals surface area contributed by atoms with Gasteiger partial charge in [0.05, 0.1) is 26.6 Å². The molecule has 0 unspecified atom stereocenters. The Bertz CT molecular complexity index is 572.